The van der Waals surface area contributed by atoms with Crippen LogP contribution in [0.25, 0.3) is 10.6 Å². The Kier molecular flexibility index (Phi) is 7.17. The number of morpholine rings is 1. The predicted molar refractivity (Wildman–Crippen MR) is 105 cm³/mol. The lowest BCUT2D eigenvalue weighted by Gasteiger charge is -2.26. The number of benzene rings is 1. The van der Waals surface area contributed by atoms with Gasteiger partial charge in [-0.2, -0.15) is 0 Å². The molecule has 0 saturated carbocycles. The smallest absolute Gasteiger partial charge is 0.226 e. The minimum Gasteiger partial charge on any atom is -0.379 e. The molecule has 1 aliphatic heterocycles. The maximum atomic E-state index is 11.9. The monoisotopic (exact) mass is 373 g/mol. The highest BCUT2D eigenvalue weighted by Gasteiger charge is 2.12. The molecule has 140 valence electrons. The zero-order chi connectivity index (χ0) is 18.2. The topological polar surface area (TPSA) is 54.5 Å². The largest absolute Gasteiger partial charge is 0.379 e. The van der Waals surface area contributed by atoms with Crippen molar-refractivity contribution in [1.82, 2.24) is 15.2 Å². The number of carbonyl (C=O) groups excluding carboxylic acids is 1. The minimum absolute atomic E-state index is 0.0520. The molecule has 2 heterocycles. The van der Waals surface area contributed by atoms with E-state index in [1.54, 1.807) is 11.3 Å². The molecular weight excluding hydrogens is 346 g/mol. The Labute approximate surface area is 159 Å². The number of thiazole rings is 1. The maximum Gasteiger partial charge on any atom is 0.226 e. The van der Waals surface area contributed by atoms with Gasteiger partial charge in [0.15, 0.2) is 0 Å². The standard InChI is InChI=1S/C20H27N3O2S/c1-2-3-8-21-19(24)13-18-15-26-20(22-18)17-6-4-16(5-7-17)14-23-9-11-25-12-10-23/h4-7,15H,2-3,8-14H2,1H3,(H,21,24). The van der Waals surface area contributed by atoms with Gasteiger partial charge in [-0.3, -0.25) is 9.69 Å². The highest BCUT2D eigenvalue weighted by Crippen LogP contribution is 2.24. The van der Waals surface area contributed by atoms with Gasteiger partial charge in [0.25, 0.3) is 0 Å². The van der Waals surface area contributed by atoms with Crippen LogP contribution in [0.15, 0.2) is 29.6 Å². The van der Waals surface area contributed by atoms with Crippen LogP contribution in [0, 0.1) is 0 Å². The minimum atomic E-state index is 0.0520. The Morgan fingerprint density at radius 2 is 2.04 bits per heavy atom. The van der Waals surface area contributed by atoms with E-state index in [-0.39, 0.29) is 5.91 Å². The number of rotatable bonds is 8. The number of amides is 1. The second-order valence-electron chi connectivity index (χ2n) is 6.61. The number of ether oxygens (including phenoxy) is 1. The van der Waals surface area contributed by atoms with Crippen LogP contribution in [-0.4, -0.2) is 48.6 Å². The van der Waals surface area contributed by atoms with Crippen LogP contribution < -0.4 is 5.32 Å². The van der Waals surface area contributed by atoms with Crippen LogP contribution in [0.5, 0.6) is 0 Å². The Balaban J connectivity index is 1.54. The SMILES string of the molecule is CCCCNC(=O)Cc1csc(-c2ccc(CN3CCOCC3)cc2)n1. The van der Waals surface area contributed by atoms with Crippen LogP contribution in [0.3, 0.4) is 0 Å². The first kappa shape index (κ1) is 19.0. The molecular formula is C20H27N3O2S. The lowest BCUT2D eigenvalue weighted by molar-refractivity contribution is -0.120. The first-order valence-electron chi connectivity index (χ1n) is 9.35. The zero-order valence-corrected chi connectivity index (χ0v) is 16.2. The van der Waals surface area contributed by atoms with Crippen LogP contribution in [0.2, 0.25) is 0 Å². The molecule has 1 aromatic heterocycles. The second kappa shape index (κ2) is 9.80. The molecule has 1 N–H and O–H groups in total. The van der Waals surface area contributed by atoms with Gasteiger partial charge in [0, 0.05) is 37.1 Å². The van der Waals surface area contributed by atoms with E-state index in [9.17, 15) is 4.79 Å². The number of hydrogen-bond acceptors (Lipinski definition) is 5. The molecule has 1 saturated heterocycles. The average Bonchev–Trinajstić information content (AvgIpc) is 3.12. The van der Waals surface area contributed by atoms with Gasteiger partial charge in [-0.25, -0.2) is 4.98 Å². The molecule has 0 atom stereocenters. The van der Waals surface area contributed by atoms with Crippen molar-refractivity contribution in [2.45, 2.75) is 32.7 Å². The Bertz CT molecular complexity index is 693. The zero-order valence-electron chi connectivity index (χ0n) is 15.4. The number of unbranched alkanes of at least 4 members (excludes halogenated alkanes) is 1. The average molecular weight is 374 g/mol. The van der Waals surface area contributed by atoms with E-state index in [0.717, 1.165) is 68.5 Å². The van der Waals surface area contributed by atoms with Gasteiger partial charge in [-0.05, 0) is 12.0 Å². The van der Waals surface area contributed by atoms with E-state index in [2.05, 4.69) is 46.4 Å². The van der Waals surface area contributed by atoms with Gasteiger partial charge in [-0.1, -0.05) is 37.6 Å². The molecule has 1 fully saturated rings. The first-order valence-corrected chi connectivity index (χ1v) is 10.2. The van der Waals surface area contributed by atoms with Crippen molar-refractivity contribution in [3.8, 4) is 10.6 Å². The molecule has 0 unspecified atom stereocenters. The highest BCUT2D eigenvalue weighted by molar-refractivity contribution is 7.13. The molecule has 0 radical (unpaired) electrons. The lowest BCUT2D eigenvalue weighted by Crippen LogP contribution is -2.35. The van der Waals surface area contributed by atoms with E-state index in [0.29, 0.717) is 6.42 Å². The number of hydrogen-bond donors (Lipinski definition) is 1. The fourth-order valence-corrected chi connectivity index (χ4v) is 3.75. The highest BCUT2D eigenvalue weighted by atomic mass is 32.1. The summed E-state index contributed by atoms with van der Waals surface area (Å²) < 4.78 is 5.39. The van der Waals surface area contributed by atoms with Crippen molar-refractivity contribution < 1.29 is 9.53 Å². The van der Waals surface area contributed by atoms with Crippen LogP contribution in [0.1, 0.15) is 31.0 Å². The summed E-state index contributed by atoms with van der Waals surface area (Å²) in [7, 11) is 0. The molecule has 5 nitrogen and oxygen atoms in total. The molecule has 2 aromatic rings. The molecule has 26 heavy (non-hydrogen) atoms. The molecule has 0 aliphatic carbocycles. The van der Waals surface area contributed by atoms with Crippen molar-refractivity contribution in [2.75, 3.05) is 32.8 Å². The third-order valence-corrected chi connectivity index (χ3v) is 5.40. The summed E-state index contributed by atoms with van der Waals surface area (Å²) in [5.41, 5.74) is 3.26. The van der Waals surface area contributed by atoms with E-state index in [1.165, 1.54) is 5.56 Å². The van der Waals surface area contributed by atoms with Gasteiger partial charge in [0.1, 0.15) is 5.01 Å². The molecule has 0 spiro atoms. The molecule has 1 aromatic carbocycles. The summed E-state index contributed by atoms with van der Waals surface area (Å²) in [5, 5.41) is 5.89. The Hall–Kier alpha value is -1.76. The van der Waals surface area contributed by atoms with E-state index in [1.807, 2.05) is 5.38 Å². The summed E-state index contributed by atoms with van der Waals surface area (Å²) in [6, 6.07) is 8.59. The molecule has 1 amide bonds. The fraction of sp³-hybridized carbons (Fsp3) is 0.500. The fourth-order valence-electron chi connectivity index (χ4n) is 2.92. The van der Waals surface area contributed by atoms with Gasteiger partial charge >= 0.3 is 0 Å². The van der Waals surface area contributed by atoms with Gasteiger partial charge < -0.3 is 10.1 Å². The van der Waals surface area contributed by atoms with Gasteiger partial charge in [0.05, 0.1) is 25.3 Å². The normalized spacial score (nSPS) is 15.1. The first-order chi connectivity index (χ1) is 12.7. The lowest BCUT2D eigenvalue weighted by atomic mass is 10.1. The molecule has 6 heteroatoms. The van der Waals surface area contributed by atoms with Crippen molar-refractivity contribution in [2.24, 2.45) is 0 Å². The summed E-state index contributed by atoms with van der Waals surface area (Å²) in [6.45, 7) is 7.47. The molecule has 0 bridgehead atoms. The van der Waals surface area contributed by atoms with Crippen molar-refractivity contribution in [3.05, 3.63) is 40.9 Å². The van der Waals surface area contributed by atoms with E-state index in [4.69, 9.17) is 4.74 Å². The van der Waals surface area contributed by atoms with E-state index < -0.39 is 0 Å². The molecule has 3 rings (SSSR count). The van der Waals surface area contributed by atoms with Crippen molar-refractivity contribution >= 4 is 17.2 Å². The predicted octanol–water partition coefficient (Wildman–Crippen LogP) is 3.10. The number of carbonyl (C=O) groups is 1. The maximum absolute atomic E-state index is 11.9. The second-order valence-corrected chi connectivity index (χ2v) is 7.47. The Morgan fingerprint density at radius 1 is 1.27 bits per heavy atom. The Morgan fingerprint density at radius 3 is 2.77 bits per heavy atom. The third kappa shape index (κ3) is 5.62. The van der Waals surface area contributed by atoms with Gasteiger partial charge in [0.2, 0.25) is 5.91 Å². The summed E-state index contributed by atoms with van der Waals surface area (Å²) in [6.07, 6.45) is 2.46. The summed E-state index contributed by atoms with van der Waals surface area (Å²) in [5.74, 6) is 0.0520. The van der Waals surface area contributed by atoms with Crippen LogP contribution in [0.4, 0.5) is 0 Å². The number of aromatic nitrogens is 1. The van der Waals surface area contributed by atoms with Crippen molar-refractivity contribution in [3.63, 3.8) is 0 Å². The van der Waals surface area contributed by atoms with Crippen LogP contribution >= 0.6 is 11.3 Å². The molecule has 1 aliphatic rings. The number of nitrogens with zero attached hydrogens (tertiary/aromatic N) is 2. The third-order valence-electron chi connectivity index (χ3n) is 4.46. The summed E-state index contributed by atoms with van der Waals surface area (Å²) in [4.78, 5) is 18.9. The van der Waals surface area contributed by atoms with E-state index >= 15 is 0 Å². The quantitative estimate of drug-likeness (QED) is 0.723. The van der Waals surface area contributed by atoms with Crippen molar-refractivity contribution in [1.29, 1.82) is 0 Å². The number of nitrogens with one attached hydrogen (secondary N) is 1. The summed E-state index contributed by atoms with van der Waals surface area (Å²) >= 11 is 1.60. The van der Waals surface area contributed by atoms with Gasteiger partial charge in [-0.15, -0.1) is 11.3 Å². The van der Waals surface area contributed by atoms with Crippen LogP contribution in [-0.2, 0) is 22.5 Å².